The number of methoxy groups -OCH3 is 1. The van der Waals surface area contributed by atoms with E-state index in [1.807, 2.05) is 54.0 Å². The van der Waals surface area contributed by atoms with Crippen LogP contribution in [0, 0.1) is 0 Å². The minimum absolute atomic E-state index is 0.123. The van der Waals surface area contributed by atoms with Crippen LogP contribution in [0.25, 0.3) is 21.5 Å². The third-order valence-corrected chi connectivity index (χ3v) is 5.41. The summed E-state index contributed by atoms with van der Waals surface area (Å²) in [6, 6.07) is 13.8. The second-order valence-corrected chi connectivity index (χ2v) is 7.12. The van der Waals surface area contributed by atoms with E-state index in [1.54, 1.807) is 30.2 Å². The molecule has 0 atom stereocenters. The van der Waals surface area contributed by atoms with Crippen molar-refractivity contribution in [2.24, 2.45) is 7.05 Å². The number of thiophene rings is 1. The number of carbonyl (C=O) groups is 1. The highest BCUT2D eigenvalue weighted by molar-refractivity contribution is 7.13. The van der Waals surface area contributed by atoms with Crippen LogP contribution in [-0.4, -0.2) is 33.9 Å². The third-order valence-electron chi connectivity index (χ3n) is 4.52. The maximum Gasteiger partial charge on any atom is 0.269 e. The number of carbonyl (C=O) groups excluding carboxylic acids is 1. The zero-order valence-electron chi connectivity index (χ0n) is 15.2. The Hall–Kier alpha value is -3.06. The molecule has 4 rings (SSSR count). The maximum atomic E-state index is 12.5. The fourth-order valence-electron chi connectivity index (χ4n) is 3.17. The van der Waals surface area contributed by atoms with Gasteiger partial charge in [0.2, 0.25) is 0 Å². The smallest absolute Gasteiger partial charge is 0.269 e. The van der Waals surface area contributed by atoms with Crippen LogP contribution < -0.4 is 10.1 Å². The summed E-state index contributed by atoms with van der Waals surface area (Å²) in [5.41, 5.74) is 2.46. The molecule has 1 N–H and O–H groups in total. The first-order chi connectivity index (χ1) is 13.2. The molecule has 0 aliphatic rings. The van der Waals surface area contributed by atoms with Crippen molar-refractivity contribution in [2.75, 3.05) is 13.7 Å². The van der Waals surface area contributed by atoms with Crippen LogP contribution in [0.3, 0.4) is 0 Å². The van der Waals surface area contributed by atoms with Gasteiger partial charge < -0.3 is 14.6 Å². The van der Waals surface area contributed by atoms with Crippen molar-refractivity contribution in [2.45, 2.75) is 6.54 Å². The lowest BCUT2D eigenvalue weighted by molar-refractivity contribution is 0.0943. The Labute approximate surface area is 161 Å². The molecule has 0 spiro atoms. The summed E-state index contributed by atoms with van der Waals surface area (Å²) < 4.78 is 9.13. The monoisotopic (exact) mass is 380 g/mol. The quantitative estimate of drug-likeness (QED) is 0.557. The zero-order chi connectivity index (χ0) is 18.8. The Morgan fingerprint density at radius 3 is 2.93 bits per heavy atom. The molecule has 0 unspecified atom stereocenters. The SMILES string of the molecule is COc1cccc2c1ccn2CCNC(=O)c1cc(-c2cccs2)nn1C. The Kier molecular flexibility index (Phi) is 4.68. The molecule has 0 saturated carbocycles. The van der Waals surface area contributed by atoms with E-state index >= 15 is 0 Å². The van der Waals surface area contributed by atoms with Gasteiger partial charge in [-0.05, 0) is 35.7 Å². The number of hydrogen-bond acceptors (Lipinski definition) is 4. The lowest BCUT2D eigenvalue weighted by atomic mass is 10.2. The molecule has 0 bridgehead atoms. The Bertz CT molecular complexity index is 1080. The Balaban J connectivity index is 1.43. The molecule has 7 heteroatoms. The van der Waals surface area contributed by atoms with Crippen molar-refractivity contribution in [3.63, 3.8) is 0 Å². The number of aromatic nitrogens is 3. The van der Waals surface area contributed by atoms with Gasteiger partial charge in [-0.25, -0.2) is 0 Å². The molecule has 3 heterocycles. The molecule has 0 aliphatic carbocycles. The van der Waals surface area contributed by atoms with Crippen molar-refractivity contribution in [3.8, 4) is 16.3 Å². The van der Waals surface area contributed by atoms with Crippen molar-refractivity contribution in [1.82, 2.24) is 19.7 Å². The van der Waals surface area contributed by atoms with Gasteiger partial charge in [0, 0.05) is 31.7 Å². The molecular formula is C20H20N4O2S. The first-order valence-electron chi connectivity index (χ1n) is 8.65. The molecule has 0 radical (unpaired) electrons. The van der Waals surface area contributed by atoms with Crippen molar-refractivity contribution in [3.05, 3.63) is 59.7 Å². The van der Waals surface area contributed by atoms with E-state index in [1.165, 1.54) is 0 Å². The van der Waals surface area contributed by atoms with Gasteiger partial charge in [0.05, 0.1) is 17.5 Å². The van der Waals surface area contributed by atoms with Crippen LogP contribution in [0.1, 0.15) is 10.5 Å². The normalized spacial score (nSPS) is 11.0. The molecule has 27 heavy (non-hydrogen) atoms. The van der Waals surface area contributed by atoms with Crippen LogP contribution in [0.4, 0.5) is 0 Å². The second-order valence-electron chi connectivity index (χ2n) is 6.17. The van der Waals surface area contributed by atoms with Gasteiger partial charge in [0.15, 0.2) is 0 Å². The highest BCUT2D eigenvalue weighted by atomic mass is 32.1. The van der Waals surface area contributed by atoms with E-state index in [-0.39, 0.29) is 5.91 Å². The van der Waals surface area contributed by atoms with Crippen LogP contribution in [0.15, 0.2) is 54.0 Å². The van der Waals surface area contributed by atoms with E-state index in [2.05, 4.69) is 15.0 Å². The summed E-state index contributed by atoms with van der Waals surface area (Å²) >= 11 is 1.61. The van der Waals surface area contributed by atoms with E-state index in [9.17, 15) is 4.79 Å². The van der Waals surface area contributed by atoms with Crippen LogP contribution in [0.2, 0.25) is 0 Å². The van der Waals surface area contributed by atoms with Crippen LogP contribution in [-0.2, 0) is 13.6 Å². The summed E-state index contributed by atoms with van der Waals surface area (Å²) in [6.45, 7) is 1.21. The first-order valence-corrected chi connectivity index (χ1v) is 9.53. The third kappa shape index (κ3) is 3.33. The van der Waals surface area contributed by atoms with Gasteiger partial charge in [0.1, 0.15) is 17.1 Å². The molecule has 4 aromatic rings. The zero-order valence-corrected chi connectivity index (χ0v) is 16.0. The summed E-state index contributed by atoms with van der Waals surface area (Å²) in [5, 5.41) is 10.5. The molecule has 1 amide bonds. The van der Waals surface area contributed by atoms with E-state index < -0.39 is 0 Å². The lowest BCUT2D eigenvalue weighted by Crippen LogP contribution is -2.28. The van der Waals surface area contributed by atoms with Crippen molar-refractivity contribution in [1.29, 1.82) is 0 Å². The minimum atomic E-state index is -0.123. The molecule has 0 saturated heterocycles. The lowest BCUT2D eigenvalue weighted by Gasteiger charge is -2.08. The van der Waals surface area contributed by atoms with Gasteiger partial charge >= 0.3 is 0 Å². The average Bonchev–Trinajstić information content (AvgIpc) is 3.41. The Morgan fingerprint density at radius 2 is 2.15 bits per heavy atom. The van der Waals surface area contributed by atoms with E-state index in [4.69, 9.17) is 4.74 Å². The molecule has 0 fully saturated rings. The van der Waals surface area contributed by atoms with Crippen molar-refractivity contribution < 1.29 is 9.53 Å². The van der Waals surface area contributed by atoms with Crippen molar-refractivity contribution >= 4 is 28.1 Å². The summed E-state index contributed by atoms with van der Waals surface area (Å²) in [7, 11) is 3.46. The number of benzene rings is 1. The molecule has 6 nitrogen and oxygen atoms in total. The predicted molar refractivity (Wildman–Crippen MR) is 107 cm³/mol. The van der Waals surface area contributed by atoms with Gasteiger partial charge in [-0.1, -0.05) is 12.1 Å². The summed E-state index contributed by atoms with van der Waals surface area (Å²) in [5.74, 6) is 0.730. The summed E-state index contributed by atoms with van der Waals surface area (Å²) in [6.07, 6.45) is 2.01. The van der Waals surface area contributed by atoms with Gasteiger partial charge in [-0.15, -0.1) is 11.3 Å². The molecule has 0 aliphatic heterocycles. The first kappa shape index (κ1) is 17.4. The fraction of sp³-hybridized carbons (Fsp3) is 0.200. The Morgan fingerprint density at radius 1 is 1.26 bits per heavy atom. The fourth-order valence-corrected chi connectivity index (χ4v) is 3.85. The van der Waals surface area contributed by atoms with Crippen LogP contribution >= 0.6 is 11.3 Å². The molecular weight excluding hydrogens is 360 g/mol. The highest BCUT2D eigenvalue weighted by Crippen LogP contribution is 2.26. The number of nitrogens with zero attached hydrogens (tertiary/aromatic N) is 3. The average molecular weight is 380 g/mol. The highest BCUT2D eigenvalue weighted by Gasteiger charge is 2.14. The van der Waals surface area contributed by atoms with E-state index in [0.29, 0.717) is 18.8 Å². The number of ether oxygens (including phenoxy) is 1. The molecule has 1 aromatic carbocycles. The summed E-state index contributed by atoms with van der Waals surface area (Å²) in [4.78, 5) is 13.6. The number of fused-ring (bicyclic) bond motifs is 1. The van der Waals surface area contributed by atoms with Crippen LogP contribution in [0.5, 0.6) is 5.75 Å². The maximum absolute atomic E-state index is 12.5. The number of aryl methyl sites for hydroxylation is 1. The second kappa shape index (κ2) is 7.28. The largest absolute Gasteiger partial charge is 0.496 e. The number of nitrogens with one attached hydrogen (secondary N) is 1. The van der Waals surface area contributed by atoms with Gasteiger partial charge in [0.25, 0.3) is 5.91 Å². The number of amides is 1. The standard InChI is InChI=1S/C20H20N4O2S/c1-23-17(13-15(22-23)19-7-4-12-27-19)20(25)21-9-11-24-10-8-14-16(24)5-3-6-18(14)26-2/h3-8,10,12-13H,9,11H2,1-2H3,(H,21,25). The van der Waals surface area contributed by atoms with Gasteiger partial charge in [-0.3, -0.25) is 9.48 Å². The van der Waals surface area contributed by atoms with Gasteiger partial charge in [-0.2, -0.15) is 5.10 Å². The number of rotatable bonds is 6. The minimum Gasteiger partial charge on any atom is -0.496 e. The topological polar surface area (TPSA) is 61.1 Å². The predicted octanol–water partition coefficient (Wildman–Crippen LogP) is 3.54. The number of hydrogen-bond donors (Lipinski definition) is 1. The van der Waals surface area contributed by atoms with E-state index in [0.717, 1.165) is 27.2 Å². The molecule has 138 valence electrons. The molecule has 3 aromatic heterocycles.